The van der Waals surface area contributed by atoms with Crippen molar-refractivity contribution >= 4 is 45.1 Å². The number of para-hydroxylation sites is 3. The fourth-order valence-corrected chi connectivity index (χ4v) is 6.12. The standard InChI is InChI=1S/C34H28N4OS/c1-3-9-26(10-4-1)38(27-11-5-2-6-12-27)28-17-15-25(16-18-28)31-19-20-32(40-31)33-35-30-14-8-7-13-29(30)34(36-33)37-21-23-39-24-22-37/h1-20H,21-24H2. The number of thiophene rings is 1. The molecule has 2 aromatic heterocycles. The second kappa shape index (κ2) is 10.9. The van der Waals surface area contributed by atoms with Crippen LogP contribution in [-0.4, -0.2) is 36.3 Å². The average molecular weight is 541 g/mol. The molecule has 5 nitrogen and oxygen atoms in total. The van der Waals surface area contributed by atoms with Gasteiger partial charge in [0, 0.05) is 40.4 Å². The van der Waals surface area contributed by atoms with Crippen LogP contribution in [0.25, 0.3) is 32.0 Å². The van der Waals surface area contributed by atoms with Crippen LogP contribution in [0.3, 0.4) is 0 Å². The molecule has 0 unspecified atom stereocenters. The molecule has 40 heavy (non-hydrogen) atoms. The predicted octanol–water partition coefficient (Wildman–Crippen LogP) is 8.33. The van der Waals surface area contributed by atoms with E-state index in [4.69, 9.17) is 14.7 Å². The summed E-state index contributed by atoms with van der Waals surface area (Å²) < 4.78 is 5.59. The lowest BCUT2D eigenvalue weighted by Crippen LogP contribution is -2.37. The van der Waals surface area contributed by atoms with Gasteiger partial charge < -0.3 is 14.5 Å². The van der Waals surface area contributed by atoms with Crippen molar-refractivity contribution in [3.8, 4) is 21.1 Å². The molecule has 0 atom stereocenters. The van der Waals surface area contributed by atoms with E-state index in [2.05, 4.69) is 113 Å². The molecule has 7 rings (SSSR count). The van der Waals surface area contributed by atoms with Crippen LogP contribution in [0.4, 0.5) is 22.9 Å². The Kier molecular flexibility index (Phi) is 6.70. The molecule has 0 N–H and O–H groups in total. The molecule has 6 heteroatoms. The third kappa shape index (κ3) is 4.83. The van der Waals surface area contributed by atoms with Gasteiger partial charge in [-0.05, 0) is 66.2 Å². The maximum Gasteiger partial charge on any atom is 0.172 e. The van der Waals surface area contributed by atoms with Crippen LogP contribution >= 0.6 is 11.3 Å². The third-order valence-corrected chi connectivity index (χ3v) is 8.29. The zero-order chi connectivity index (χ0) is 26.7. The van der Waals surface area contributed by atoms with Gasteiger partial charge in [0.2, 0.25) is 0 Å². The molecule has 0 radical (unpaired) electrons. The lowest BCUT2D eigenvalue weighted by molar-refractivity contribution is 0.122. The van der Waals surface area contributed by atoms with Crippen molar-refractivity contribution in [3.05, 3.63) is 121 Å². The highest BCUT2D eigenvalue weighted by atomic mass is 32.1. The summed E-state index contributed by atoms with van der Waals surface area (Å²) in [6.45, 7) is 3.12. The van der Waals surface area contributed by atoms with Gasteiger partial charge in [-0.25, -0.2) is 9.97 Å². The van der Waals surface area contributed by atoms with Gasteiger partial charge in [0.1, 0.15) is 5.82 Å². The summed E-state index contributed by atoms with van der Waals surface area (Å²) in [4.78, 5) is 16.9. The highest BCUT2D eigenvalue weighted by Crippen LogP contribution is 2.38. The predicted molar refractivity (Wildman–Crippen MR) is 166 cm³/mol. The second-order valence-electron chi connectivity index (χ2n) is 9.70. The van der Waals surface area contributed by atoms with Gasteiger partial charge >= 0.3 is 0 Å². The molecule has 0 spiro atoms. The van der Waals surface area contributed by atoms with E-state index in [1.165, 1.54) is 10.4 Å². The van der Waals surface area contributed by atoms with Crippen molar-refractivity contribution in [2.45, 2.75) is 0 Å². The second-order valence-corrected chi connectivity index (χ2v) is 10.8. The molecule has 0 bridgehead atoms. The SMILES string of the molecule is c1ccc(N(c2ccccc2)c2ccc(-c3ccc(-c4nc(N5CCOCC5)c5ccccc5n4)s3)cc2)cc1. The molecule has 0 aliphatic carbocycles. The van der Waals surface area contributed by atoms with E-state index >= 15 is 0 Å². The molecule has 1 aliphatic heterocycles. The van der Waals surface area contributed by atoms with Crippen LogP contribution in [0.2, 0.25) is 0 Å². The van der Waals surface area contributed by atoms with Crippen LogP contribution in [0.5, 0.6) is 0 Å². The normalized spacial score (nSPS) is 13.4. The van der Waals surface area contributed by atoms with Crippen LogP contribution in [-0.2, 0) is 4.74 Å². The van der Waals surface area contributed by atoms with E-state index in [1.54, 1.807) is 11.3 Å². The quantitative estimate of drug-likeness (QED) is 0.212. The van der Waals surface area contributed by atoms with Gasteiger partial charge in [0.05, 0.1) is 23.6 Å². The number of benzene rings is 4. The molecule has 1 aliphatic rings. The van der Waals surface area contributed by atoms with Crippen molar-refractivity contribution in [3.63, 3.8) is 0 Å². The summed E-state index contributed by atoms with van der Waals surface area (Å²) in [6, 6.07) is 42.3. The zero-order valence-electron chi connectivity index (χ0n) is 22.0. The number of morpholine rings is 1. The Morgan fingerprint density at radius 1 is 0.600 bits per heavy atom. The first-order chi connectivity index (χ1) is 19.8. The summed E-state index contributed by atoms with van der Waals surface area (Å²) in [5.74, 6) is 1.76. The number of fused-ring (bicyclic) bond motifs is 1. The lowest BCUT2D eigenvalue weighted by Gasteiger charge is -2.28. The maximum absolute atomic E-state index is 5.59. The third-order valence-electron chi connectivity index (χ3n) is 7.16. The Morgan fingerprint density at radius 3 is 1.90 bits per heavy atom. The van der Waals surface area contributed by atoms with Gasteiger partial charge in [-0.3, -0.25) is 0 Å². The van der Waals surface area contributed by atoms with Crippen LogP contribution < -0.4 is 9.80 Å². The number of hydrogen-bond acceptors (Lipinski definition) is 6. The highest BCUT2D eigenvalue weighted by Gasteiger charge is 2.19. The zero-order valence-corrected chi connectivity index (χ0v) is 22.8. The van der Waals surface area contributed by atoms with Crippen LogP contribution in [0.15, 0.2) is 121 Å². The largest absolute Gasteiger partial charge is 0.378 e. The van der Waals surface area contributed by atoms with Gasteiger partial charge in [0.15, 0.2) is 5.82 Å². The van der Waals surface area contributed by atoms with Crippen molar-refractivity contribution in [1.82, 2.24) is 9.97 Å². The Morgan fingerprint density at radius 2 is 1.20 bits per heavy atom. The van der Waals surface area contributed by atoms with E-state index in [1.807, 2.05) is 18.2 Å². The smallest absolute Gasteiger partial charge is 0.172 e. The average Bonchev–Trinajstić information content (AvgIpc) is 3.53. The first-order valence-corrected chi connectivity index (χ1v) is 14.4. The first-order valence-electron chi connectivity index (χ1n) is 13.5. The Balaban J connectivity index is 1.21. The Bertz CT molecular complexity index is 1690. The summed E-state index contributed by atoms with van der Waals surface area (Å²) in [7, 11) is 0. The molecule has 1 saturated heterocycles. The first kappa shape index (κ1) is 24.5. The van der Waals surface area contributed by atoms with E-state index in [-0.39, 0.29) is 0 Å². The summed E-state index contributed by atoms with van der Waals surface area (Å²) in [5, 5.41) is 1.09. The summed E-state index contributed by atoms with van der Waals surface area (Å²) >= 11 is 1.73. The van der Waals surface area contributed by atoms with Gasteiger partial charge in [-0.1, -0.05) is 60.7 Å². The number of aromatic nitrogens is 2. The summed E-state index contributed by atoms with van der Waals surface area (Å²) in [5.41, 5.74) is 5.52. The topological polar surface area (TPSA) is 41.5 Å². The number of anilines is 4. The number of hydrogen-bond donors (Lipinski definition) is 0. The monoisotopic (exact) mass is 540 g/mol. The fourth-order valence-electron chi connectivity index (χ4n) is 5.18. The van der Waals surface area contributed by atoms with Crippen LogP contribution in [0.1, 0.15) is 0 Å². The number of nitrogens with zero attached hydrogens (tertiary/aromatic N) is 4. The minimum absolute atomic E-state index is 0.721. The molecule has 196 valence electrons. The minimum atomic E-state index is 0.721. The molecule has 0 amide bonds. The van der Waals surface area contributed by atoms with Gasteiger partial charge in [-0.15, -0.1) is 11.3 Å². The van der Waals surface area contributed by atoms with E-state index in [0.29, 0.717) is 0 Å². The van der Waals surface area contributed by atoms with E-state index in [0.717, 1.165) is 70.8 Å². The number of ether oxygens (including phenoxy) is 1. The van der Waals surface area contributed by atoms with E-state index in [9.17, 15) is 0 Å². The number of rotatable bonds is 6. The molecule has 1 fully saturated rings. The van der Waals surface area contributed by atoms with E-state index < -0.39 is 0 Å². The van der Waals surface area contributed by atoms with Gasteiger partial charge in [0.25, 0.3) is 0 Å². The van der Waals surface area contributed by atoms with Gasteiger partial charge in [-0.2, -0.15) is 0 Å². The molecule has 3 heterocycles. The maximum atomic E-state index is 5.59. The molecule has 6 aromatic rings. The fraction of sp³-hybridized carbons (Fsp3) is 0.118. The molecular formula is C34H28N4OS. The molecular weight excluding hydrogens is 512 g/mol. The van der Waals surface area contributed by atoms with Crippen molar-refractivity contribution < 1.29 is 4.74 Å². The molecule has 0 saturated carbocycles. The molecule has 4 aromatic carbocycles. The van der Waals surface area contributed by atoms with Crippen molar-refractivity contribution in [2.75, 3.05) is 36.1 Å². The van der Waals surface area contributed by atoms with Crippen molar-refractivity contribution in [2.24, 2.45) is 0 Å². The summed E-state index contributed by atoms with van der Waals surface area (Å²) in [6.07, 6.45) is 0. The van der Waals surface area contributed by atoms with Crippen LogP contribution in [0, 0.1) is 0 Å². The highest BCUT2D eigenvalue weighted by molar-refractivity contribution is 7.18. The Hall–Kier alpha value is -4.52. The lowest BCUT2D eigenvalue weighted by atomic mass is 10.1. The Labute approximate surface area is 238 Å². The minimum Gasteiger partial charge on any atom is -0.378 e. The van der Waals surface area contributed by atoms with Crippen molar-refractivity contribution in [1.29, 1.82) is 0 Å².